The standard InChI is InChI=1S/C16H18N2O6S/c1-16(6-7-25(21,22)11-16)18-14(19)9-24-15(20)10-23-13-4-2-12(8-17)3-5-13/h2-5H,6-7,9-11H2,1H3,(H,18,19)/t16-/m1/s1. The van der Waals surface area contributed by atoms with E-state index in [1.165, 1.54) is 0 Å². The Morgan fingerprint density at radius 2 is 1.96 bits per heavy atom. The van der Waals surface area contributed by atoms with Crippen LogP contribution >= 0.6 is 0 Å². The first-order valence-corrected chi connectivity index (χ1v) is 9.34. The number of nitrogens with one attached hydrogen (secondary N) is 1. The van der Waals surface area contributed by atoms with E-state index in [4.69, 9.17) is 14.7 Å². The molecular formula is C16H18N2O6S. The van der Waals surface area contributed by atoms with E-state index < -0.39 is 33.9 Å². The van der Waals surface area contributed by atoms with Crippen LogP contribution in [0.1, 0.15) is 18.9 Å². The molecule has 25 heavy (non-hydrogen) atoms. The summed E-state index contributed by atoms with van der Waals surface area (Å²) in [6.07, 6.45) is 0.330. The van der Waals surface area contributed by atoms with Gasteiger partial charge in [-0.15, -0.1) is 0 Å². The van der Waals surface area contributed by atoms with Crippen LogP contribution < -0.4 is 10.1 Å². The van der Waals surface area contributed by atoms with Crippen LogP contribution in [0.15, 0.2) is 24.3 Å². The molecule has 0 aromatic heterocycles. The number of sulfone groups is 1. The van der Waals surface area contributed by atoms with Crippen molar-refractivity contribution in [1.29, 1.82) is 5.26 Å². The number of ether oxygens (including phenoxy) is 2. The Morgan fingerprint density at radius 1 is 1.28 bits per heavy atom. The van der Waals surface area contributed by atoms with Crippen LogP contribution in [0.4, 0.5) is 0 Å². The summed E-state index contributed by atoms with van der Waals surface area (Å²) < 4.78 is 33.0. The van der Waals surface area contributed by atoms with Gasteiger partial charge in [0.05, 0.1) is 28.7 Å². The number of hydrogen-bond acceptors (Lipinski definition) is 7. The Kier molecular flexibility index (Phi) is 5.64. The summed E-state index contributed by atoms with van der Waals surface area (Å²) in [4.78, 5) is 23.4. The molecule has 0 radical (unpaired) electrons. The fourth-order valence-electron chi connectivity index (χ4n) is 2.44. The van der Waals surface area contributed by atoms with Gasteiger partial charge < -0.3 is 14.8 Å². The molecule has 0 spiro atoms. The fraction of sp³-hybridized carbons (Fsp3) is 0.438. The summed E-state index contributed by atoms with van der Waals surface area (Å²) >= 11 is 0. The molecule has 1 fully saturated rings. The summed E-state index contributed by atoms with van der Waals surface area (Å²) in [7, 11) is -3.14. The van der Waals surface area contributed by atoms with E-state index in [0.29, 0.717) is 17.7 Å². The molecule has 1 heterocycles. The molecule has 8 nitrogen and oxygen atoms in total. The Balaban J connectivity index is 1.72. The average Bonchev–Trinajstić information content (AvgIpc) is 2.84. The highest BCUT2D eigenvalue weighted by atomic mass is 32.2. The van der Waals surface area contributed by atoms with Gasteiger partial charge in [-0.1, -0.05) is 0 Å². The number of carbonyl (C=O) groups excluding carboxylic acids is 2. The number of rotatable bonds is 6. The van der Waals surface area contributed by atoms with Gasteiger partial charge in [0.25, 0.3) is 5.91 Å². The average molecular weight is 366 g/mol. The zero-order valence-electron chi connectivity index (χ0n) is 13.6. The van der Waals surface area contributed by atoms with E-state index in [0.717, 1.165) is 0 Å². The van der Waals surface area contributed by atoms with Crippen molar-refractivity contribution in [1.82, 2.24) is 5.32 Å². The Bertz CT molecular complexity index is 797. The van der Waals surface area contributed by atoms with Crippen molar-refractivity contribution < 1.29 is 27.5 Å². The highest BCUT2D eigenvalue weighted by molar-refractivity contribution is 7.91. The molecule has 0 aliphatic carbocycles. The molecule has 0 bridgehead atoms. The first-order chi connectivity index (χ1) is 11.7. The van der Waals surface area contributed by atoms with E-state index in [-0.39, 0.29) is 18.1 Å². The Morgan fingerprint density at radius 3 is 2.52 bits per heavy atom. The highest BCUT2D eigenvalue weighted by Gasteiger charge is 2.39. The number of esters is 1. The first-order valence-electron chi connectivity index (χ1n) is 7.51. The molecular weight excluding hydrogens is 348 g/mol. The predicted molar refractivity (Wildman–Crippen MR) is 87.4 cm³/mol. The molecule has 1 atom stereocenters. The van der Waals surface area contributed by atoms with E-state index in [1.807, 2.05) is 6.07 Å². The largest absolute Gasteiger partial charge is 0.482 e. The molecule has 9 heteroatoms. The number of nitriles is 1. The number of hydrogen-bond donors (Lipinski definition) is 1. The minimum Gasteiger partial charge on any atom is -0.482 e. The third-order valence-corrected chi connectivity index (χ3v) is 5.55. The molecule has 2 rings (SSSR count). The summed E-state index contributed by atoms with van der Waals surface area (Å²) in [5.41, 5.74) is -0.365. The highest BCUT2D eigenvalue weighted by Crippen LogP contribution is 2.22. The lowest BCUT2D eigenvalue weighted by atomic mass is 10.0. The fourth-order valence-corrected chi connectivity index (χ4v) is 4.53. The lowest BCUT2D eigenvalue weighted by molar-refractivity contribution is -0.150. The molecule has 1 aromatic carbocycles. The molecule has 1 aliphatic heterocycles. The van der Waals surface area contributed by atoms with Crippen LogP contribution in [0, 0.1) is 11.3 Å². The summed E-state index contributed by atoms with van der Waals surface area (Å²) in [6.45, 7) is 0.751. The second-order valence-corrected chi connectivity index (χ2v) is 8.22. The smallest absolute Gasteiger partial charge is 0.344 e. The maximum absolute atomic E-state index is 11.8. The summed E-state index contributed by atoms with van der Waals surface area (Å²) in [6, 6.07) is 8.14. The minimum atomic E-state index is -3.14. The van der Waals surface area contributed by atoms with Gasteiger partial charge in [-0.2, -0.15) is 5.26 Å². The van der Waals surface area contributed by atoms with Gasteiger partial charge in [-0.25, -0.2) is 13.2 Å². The zero-order chi connectivity index (χ0) is 18.5. The topological polar surface area (TPSA) is 123 Å². The third-order valence-electron chi connectivity index (χ3n) is 3.65. The van der Waals surface area contributed by atoms with Crippen LogP contribution in [-0.4, -0.2) is 50.6 Å². The van der Waals surface area contributed by atoms with Crippen molar-refractivity contribution in [3.63, 3.8) is 0 Å². The number of nitrogens with zero attached hydrogens (tertiary/aromatic N) is 1. The summed E-state index contributed by atoms with van der Waals surface area (Å²) in [5, 5.41) is 11.3. The second kappa shape index (κ2) is 7.53. The van der Waals surface area contributed by atoms with Crippen molar-refractivity contribution in [2.45, 2.75) is 18.9 Å². The number of carbonyl (C=O) groups is 2. The third kappa shape index (κ3) is 5.76. The maximum Gasteiger partial charge on any atom is 0.344 e. The Labute approximate surface area is 145 Å². The van der Waals surface area contributed by atoms with Gasteiger partial charge in [-0.3, -0.25) is 4.79 Å². The van der Waals surface area contributed by atoms with Crippen molar-refractivity contribution in [2.24, 2.45) is 0 Å². The van der Waals surface area contributed by atoms with Crippen LogP contribution in [0.25, 0.3) is 0 Å². The second-order valence-electron chi connectivity index (χ2n) is 6.04. The van der Waals surface area contributed by atoms with Crippen molar-refractivity contribution >= 4 is 21.7 Å². The Hall–Kier alpha value is -2.60. The van der Waals surface area contributed by atoms with Crippen LogP contribution in [0.3, 0.4) is 0 Å². The molecule has 1 amide bonds. The zero-order valence-corrected chi connectivity index (χ0v) is 14.5. The monoisotopic (exact) mass is 366 g/mol. The van der Waals surface area contributed by atoms with E-state index >= 15 is 0 Å². The van der Waals surface area contributed by atoms with Crippen molar-refractivity contribution in [2.75, 3.05) is 24.7 Å². The number of amides is 1. The van der Waals surface area contributed by atoms with Crippen LogP contribution in [0.5, 0.6) is 5.75 Å². The van der Waals surface area contributed by atoms with Crippen LogP contribution in [0.2, 0.25) is 0 Å². The van der Waals surface area contributed by atoms with Crippen LogP contribution in [-0.2, 0) is 24.2 Å². The van der Waals surface area contributed by atoms with E-state index in [2.05, 4.69) is 5.32 Å². The van der Waals surface area contributed by atoms with Gasteiger partial charge in [0, 0.05) is 0 Å². The molecule has 0 saturated carbocycles. The summed E-state index contributed by atoms with van der Waals surface area (Å²) in [5.74, 6) is -0.997. The maximum atomic E-state index is 11.8. The number of benzene rings is 1. The lowest BCUT2D eigenvalue weighted by Crippen LogP contribution is -2.48. The van der Waals surface area contributed by atoms with Gasteiger partial charge in [-0.05, 0) is 37.6 Å². The van der Waals surface area contributed by atoms with Gasteiger partial charge >= 0.3 is 5.97 Å². The SMILES string of the molecule is C[C@@]1(NC(=O)COC(=O)COc2ccc(C#N)cc2)CCS(=O)(=O)C1. The minimum absolute atomic E-state index is 0.0298. The van der Waals surface area contributed by atoms with Gasteiger partial charge in [0.15, 0.2) is 23.1 Å². The molecule has 1 aliphatic rings. The molecule has 0 unspecified atom stereocenters. The predicted octanol–water partition coefficient (Wildman–Crippen LogP) is 0.174. The van der Waals surface area contributed by atoms with Crippen molar-refractivity contribution in [3.8, 4) is 11.8 Å². The van der Waals surface area contributed by atoms with E-state index in [9.17, 15) is 18.0 Å². The molecule has 1 aromatic rings. The molecule has 134 valence electrons. The van der Waals surface area contributed by atoms with Gasteiger partial charge in [0.2, 0.25) is 0 Å². The van der Waals surface area contributed by atoms with E-state index in [1.54, 1.807) is 31.2 Å². The lowest BCUT2D eigenvalue weighted by Gasteiger charge is -2.23. The normalized spacial score (nSPS) is 21.1. The molecule has 1 N–H and O–H groups in total. The quantitative estimate of drug-likeness (QED) is 0.712. The first kappa shape index (κ1) is 18.7. The van der Waals surface area contributed by atoms with Gasteiger partial charge in [0.1, 0.15) is 5.75 Å². The van der Waals surface area contributed by atoms with Crippen molar-refractivity contribution in [3.05, 3.63) is 29.8 Å². The molecule has 1 saturated heterocycles.